The van der Waals surface area contributed by atoms with E-state index in [2.05, 4.69) is 28.0 Å². The first-order chi connectivity index (χ1) is 11.2. The minimum atomic E-state index is 0.248. The third-order valence-electron chi connectivity index (χ3n) is 4.10. The molecule has 0 N–H and O–H groups in total. The quantitative estimate of drug-likeness (QED) is 0.761. The van der Waals surface area contributed by atoms with Crippen LogP contribution in [0.3, 0.4) is 0 Å². The minimum Gasteiger partial charge on any atom is -0.373 e. The lowest BCUT2D eigenvalue weighted by Crippen LogP contribution is -2.29. The van der Waals surface area contributed by atoms with Crippen molar-refractivity contribution in [2.45, 2.75) is 38.0 Å². The Morgan fingerprint density at radius 3 is 2.87 bits per heavy atom. The van der Waals surface area contributed by atoms with Crippen LogP contribution >= 0.6 is 11.6 Å². The van der Waals surface area contributed by atoms with E-state index in [9.17, 15) is 0 Å². The molecule has 1 fully saturated rings. The molecule has 0 saturated carbocycles. The SMILES string of the molecule is CN(Cc1cccnc1)C[C@H]1CC[C@@H](Cc2cccc(Cl)n2)O1. The number of nitrogens with zero attached hydrogens (tertiary/aromatic N) is 3. The van der Waals surface area contributed by atoms with Crippen molar-refractivity contribution in [2.75, 3.05) is 13.6 Å². The van der Waals surface area contributed by atoms with Crippen LogP contribution in [-0.2, 0) is 17.7 Å². The van der Waals surface area contributed by atoms with Crippen LogP contribution in [0.5, 0.6) is 0 Å². The van der Waals surface area contributed by atoms with E-state index < -0.39 is 0 Å². The molecule has 1 saturated heterocycles. The zero-order valence-electron chi connectivity index (χ0n) is 13.4. The van der Waals surface area contributed by atoms with E-state index in [1.54, 1.807) is 12.3 Å². The summed E-state index contributed by atoms with van der Waals surface area (Å²) in [5, 5.41) is 0.549. The summed E-state index contributed by atoms with van der Waals surface area (Å²) in [6, 6.07) is 9.84. The van der Waals surface area contributed by atoms with Gasteiger partial charge in [0.15, 0.2) is 0 Å². The molecule has 0 radical (unpaired) electrons. The second kappa shape index (κ2) is 7.86. The van der Waals surface area contributed by atoms with Crippen molar-refractivity contribution in [3.8, 4) is 0 Å². The Bertz CT molecular complexity index is 623. The lowest BCUT2D eigenvalue weighted by Gasteiger charge is -2.21. The fraction of sp³-hybridized carbons (Fsp3) is 0.444. The van der Waals surface area contributed by atoms with Crippen LogP contribution in [0.2, 0.25) is 5.15 Å². The first kappa shape index (κ1) is 16.4. The first-order valence-corrected chi connectivity index (χ1v) is 8.41. The molecule has 0 unspecified atom stereocenters. The topological polar surface area (TPSA) is 38.2 Å². The zero-order chi connectivity index (χ0) is 16.1. The van der Waals surface area contributed by atoms with Crippen LogP contribution < -0.4 is 0 Å². The van der Waals surface area contributed by atoms with Crippen molar-refractivity contribution in [3.05, 3.63) is 59.1 Å². The summed E-state index contributed by atoms with van der Waals surface area (Å²) < 4.78 is 6.17. The molecule has 0 aromatic carbocycles. The predicted molar refractivity (Wildman–Crippen MR) is 91.4 cm³/mol. The standard InChI is InChI=1S/C18H22ClN3O/c1-22(12-14-4-3-9-20-11-14)13-17-8-7-16(23-17)10-15-5-2-6-18(19)21-15/h2-6,9,11,16-17H,7-8,10,12-13H2,1H3/t16-,17+/m0/s1. The average molecular weight is 332 g/mol. The van der Waals surface area contributed by atoms with E-state index in [-0.39, 0.29) is 6.10 Å². The van der Waals surface area contributed by atoms with Gasteiger partial charge in [0.05, 0.1) is 12.2 Å². The first-order valence-electron chi connectivity index (χ1n) is 8.03. The maximum atomic E-state index is 6.17. The summed E-state index contributed by atoms with van der Waals surface area (Å²) in [5.41, 5.74) is 2.24. The maximum absolute atomic E-state index is 6.17. The smallest absolute Gasteiger partial charge is 0.129 e. The maximum Gasteiger partial charge on any atom is 0.129 e. The van der Waals surface area contributed by atoms with Gasteiger partial charge in [0.25, 0.3) is 0 Å². The summed E-state index contributed by atoms with van der Waals surface area (Å²) in [5.74, 6) is 0. The van der Waals surface area contributed by atoms with Crippen molar-refractivity contribution in [1.29, 1.82) is 0 Å². The fourth-order valence-corrected chi connectivity index (χ4v) is 3.26. The van der Waals surface area contributed by atoms with Crippen LogP contribution in [0.4, 0.5) is 0 Å². The third-order valence-corrected chi connectivity index (χ3v) is 4.31. The molecule has 3 rings (SSSR count). The van der Waals surface area contributed by atoms with E-state index >= 15 is 0 Å². The number of aromatic nitrogens is 2. The molecular formula is C18H22ClN3O. The van der Waals surface area contributed by atoms with Gasteiger partial charge in [-0.25, -0.2) is 4.98 Å². The number of hydrogen-bond acceptors (Lipinski definition) is 4. The van der Waals surface area contributed by atoms with E-state index in [1.165, 1.54) is 5.56 Å². The van der Waals surface area contributed by atoms with E-state index in [0.29, 0.717) is 11.3 Å². The number of likely N-dealkylation sites (N-methyl/N-ethyl adjacent to an activating group) is 1. The van der Waals surface area contributed by atoms with Crippen molar-refractivity contribution < 1.29 is 4.74 Å². The van der Waals surface area contributed by atoms with Gasteiger partial charge in [-0.1, -0.05) is 23.7 Å². The summed E-state index contributed by atoms with van der Waals surface area (Å²) in [6.45, 7) is 1.84. The highest BCUT2D eigenvalue weighted by molar-refractivity contribution is 6.29. The lowest BCUT2D eigenvalue weighted by molar-refractivity contribution is 0.0263. The second-order valence-corrected chi connectivity index (χ2v) is 6.56. The highest BCUT2D eigenvalue weighted by Gasteiger charge is 2.26. The number of ether oxygens (including phenoxy) is 1. The number of halogens is 1. The Labute approximate surface area is 142 Å². The van der Waals surface area contributed by atoms with Gasteiger partial charge in [-0.05, 0) is 43.7 Å². The van der Waals surface area contributed by atoms with Crippen LogP contribution in [-0.4, -0.2) is 40.7 Å². The Balaban J connectivity index is 1.46. The molecule has 0 aliphatic carbocycles. The van der Waals surface area contributed by atoms with Gasteiger partial charge in [-0.15, -0.1) is 0 Å². The monoisotopic (exact) mass is 331 g/mol. The molecular weight excluding hydrogens is 310 g/mol. The molecule has 0 spiro atoms. The molecule has 0 amide bonds. The van der Waals surface area contributed by atoms with Gasteiger partial charge in [0.1, 0.15) is 5.15 Å². The molecule has 4 nitrogen and oxygen atoms in total. The highest BCUT2D eigenvalue weighted by atomic mass is 35.5. The van der Waals surface area contributed by atoms with Gasteiger partial charge >= 0.3 is 0 Å². The molecule has 122 valence electrons. The van der Waals surface area contributed by atoms with Crippen LogP contribution in [0, 0.1) is 0 Å². The molecule has 5 heteroatoms. The predicted octanol–water partition coefficient (Wildman–Crippen LogP) is 3.35. The minimum absolute atomic E-state index is 0.248. The second-order valence-electron chi connectivity index (χ2n) is 6.17. The lowest BCUT2D eigenvalue weighted by atomic mass is 10.1. The number of pyridine rings is 2. The van der Waals surface area contributed by atoms with Crippen LogP contribution in [0.15, 0.2) is 42.7 Å². The normalized spacial score (nSPS) is 21.0. The van der Waals surface area contributed by atoms with E-state index in [0.717, 1.165) is 38.0 Å². The highest BCUT2D eigenvalue weighted by Crippen LogP contribution is 2.23. The molecule has 2 atom stereocenters. The van der Waals surface area contributed by atoms with Crippen LogP contribution in [0.25, 0.3) is 0 Å². The average Bonchev–Trinajstić information content (AvgIpc) is 2.95. The molecule has 23 heavy (non-hydrogen) atoms. The van der Waals surface area contributed by atoms with Crippen molar-refractivity contribution in [1.82, 2.24) is 14.9 Å². The van der Waals surface area contributed by atoms with E-state index in [1.807, 2.05) is 24.4 Å². The summed E-state index contributed by atoms with van der Waals surface area (Å²) in [7, 11) is 2.13. The molecule has 3 heterocycles. The Morgan fingerprint density at radius 1 is 1.22 bits per heavy atom. The largest absolute Gasteiger partial charge is 0.373 e. The molecule has 2 aromatic rings. The molecule has 2 aromatic heterocycles. The van der Waals surface area contributed by atoms with Crippen molar-refractivity contribution in [3.63, 3.8) is 0 Å². The Kier molecular flexibility index (Phi) is 5.60. The summed E-state index contributed by atoms with van der Waals surface area (Å²) in [6.07, 6.45) is 7.28. The Morgan fingerprint density at radius 2 is 2.09 bits per heavy atom. The van der Waals surface area contributed by atoms with Gasteiger partial charge in [-0.2, -0.15) is 0 Å². The summed E-state index contributed by atoms with van der Waals surface area (Å²) >= 11 is 5.94. The molecule has 1 aliphatic rings. The summed E-state index contributed by atoms with van der Waals surface area (Å²) in [4.78, 5) is 10.8. The van der Waals surface area contributed by atoms with Gasteiger partial charge in [-0.3, -0.25) is 9.88 Å². The van der Waals surface area contributed by atoms with Crippen molar-refractivity contribution in [2.24, 2.45) is 0 Å². The van der Waals surface area contributed by atoms with Crippen LogP contribution in [0.1, 0.15) is 24.1 Å². The van der Waals surface area contributed by atoms with Gasteiger partial charge in [0, 0.05) is 37.6 Å². The zero-order valence-corrected chi connectivity index (χ0v) is 14.1. The molecule has 1 aliphatic heterocycles. The van der Waals surface area contributed by atoms with E-state index in [4.69, 9.17) is 16.3 Å². The molecule has 0 bridgehead atoms. The van der Waals surface area contributed by atoms with Gasteiger partial charge in [0.2, 0.25) is 0 Å². The Hall–Kier alpha value is -1.49. The number of hydrogen-bond donors (Lipinski definition) is 0. The third kappa shape index (κ3) is 4.99. The van der Waals surface area contributed by atoms with Crippen molar-refractivity contribution >= 4 is 11.6 Å². The fourth-order valence-electron chi connectivity index (χ4n) is 3.08. The number of rotatable bonds is 6. The van der Waals surface area contributed by atoms with Gasteiger partial charge < -0.3 is 4.74 Å².